The number of tetrazole rings is 1. The van der Waals surface area contributed by atoms with Gasteiger partial charge in [0.05, 0.1) is 19.9 Å². The number of allylic oxidation sites excluding steroid dienone is 1. The summed E-state index contributed by atoms with van der Waals surface area (Å²) >= 11 is 0. The normalized spacial score (nSPS) is 10.8. The van der Waals surface area contributed by atoms with Crippen molar-refractivity contribution in [2.45, 2.75) is 0 Å². The number of hydrogen-bond donors (Lipinski definition) is 0. The molecule has 0 amide bonds. The standard InChI is InChI=1S/C18H16N4O3/c1-24-16-8-13(9-17(11-16)25-2)6-7-18(23)14-4-3-5-15(10-14)22-12-19-20-21-22/h3-12H,1-2H3/b7-6+. The third-order valence-electron chi connectivity index (χ3n) is 3.55. The predicted octanol–water partition coefficient (Wildman–Crippen LogP) is 2.58. The van der Waals surface area contributed by atoms with E-state index in [9.17, 15) is 4.79 Å². The van der Waals surface area contributed by atoms with Gasteiger partial charge in [-0.1, -0.05) is 18.2 Å². The van der Waals surface area contributed by atoms with Crippen LogP contribution in [0.1, 0.15) is 15.9 Å². The van der Waals surface area contributed by atoms with Crippen LogP contribution in [0, 0.1) is 0 Å². The number of ether oxygens (including phenoxy) is 2. The average molecular weight is 336 g/mol. The molecule has 0 aliphatic heterocycles. The lowest BCUT2D eigenvalue weighted by molar-refractivity contribution is 0.104. The molecule has 0 saturated heterocycles. The Morgan fingerprint density at radius 1 is 1.08 bits per heavy atom. The fourth-order valence-electron chi connectivity index (χ4n) is 2.28. The Hall–Kier alpha value is -3.48. The number of rotatable bonds is 6. The molecule has 3 aromatic rings. The van der Waals surface area contributed by atoms with E-state index in [1.54, 1.807) is 44.6 Å². The first-order valence-electron chi connectivity index (χ1n) is 7.48. The fourth-order valence-corrected chi connectivity index (χ4v) is 2.28. The van der Waals surface area contributed by atoms with Gasteiger partial charge in [-0.15, -0.1) is 5.10 Å². The SMILES string of the molecule is COc1cc(/C=C/C(=O)c2cccc(-n3cnnn3)c2)cc(OC)c1. The van der Waals surface area contributed by atoms with E-state index in [0.29, 0.717) is 22.7 Å². The summed E-state index contributed by atoms with van der Waals surface area (Å²) in [5.41, 5.74) is 2.06. The van der Waals surface area contributed by atoms with Gasteiger partial charge in [0.25, 0.3) is 0 Å². The van der Waals surface area contributed by atoms with Crippen LogP contribution in [0.25, 0.3) is 11.8 Å². The van der Waals surface area contributed by atoms with Crippen molar-refractivity contribution >= 4 is 11.9 Å². The quantitative estimate of drug-likeness (QED) is 0.508. The highest BCUT2D eigenvalue weighted by Crippen LogP contribution is 2.23. The second-order valence-electron chi connectivity index (χ2n) is 5.15. The van der Waals surface area contributed by atoms with Crippen LogP contribution < -0.4 is 9.47 Å². The summed E-state index contributed by atoms with van der Waals surface area (Å²) in [5, 5.41) is 11.0. The summed E-state index contributed by atoms with van der Waals surface area (Å²) in [7, 11) is 3.16. The molecule has 126 valence electrons. The molecule has 0 aliphatic carbocycles. The zero-order valence-corrected chi connectivity index (χ0v) is 13.8. The summed E-state index contributed by atoms with van der Waals surface area (Å²) in [5.74, 6) is 1.19. The van der Waals surface area contributed by atoms with Gasteiger partial charge in [-0.3, -0.25) is 4.79 Å². The maximum Gasteiger partial charge on any atom is 0.185 e. The van der Waals surface area contributed by atoms with Crippen molar-refractivity contribution in [2.24, 2.45) is 0 Å². The largest absolute Gasteiger partial charge is 0.497 e. The lowest BCUT2D eigenvalue weighted by Crippen LogP contribution is -1.99. The van der Waals surface area contributed by atoms with Gasteiger partial charge in [-0.25, -0.2) is 4.68 Å². The zero-order valence-electron chi connectivity index (χ0n) is 13.8. The molecule has 2 aromatic carbocycles. The summed E-state index contributed by atoms with van der Waals surface area (Å²) < 4.78 is 11.9. The second kappa shape index (κ2) is 7.39. The van der Waals surface area contributed by atoms with E-state index < -0.39 is 0 Å². The van der Waals surface area contributed by atoms with Crippen LogP contribution in [0.2, 0.25) is 0 Å². The van der Waals surface area contributed by atoms with Crippen molar-refractivity contribution in [2.75, 3.05) is 14.2 Å². The van der Waals surface area contributed by atoms with E-state index in [4.69, 9.17) is 9.47 Å². The van der Waals surface area contributed by atoms with Gasteiger partial charge in [-0.05, 0) is 46.3 Å². The smallest absolute Gasteiger partial charge is 0.185 e. The first-order chi connectivity index (χ1) is 12.2. The maximum atomic E-state index is 12.4. The molecule has 0 atom stereocenters. The summed E-state index contributed by atoms with van der Waals surface area (Å²) in [6.45, 7) is 0. The Kier molecular flexibility index (Phi) is 4.84. The minimum Gasteiger partial charge on any atom is -0.497 e. The molecule has 0 spiro atoms. The van der Waals surface area contributed by atoms with E-state index in [2.05, 4.69) is 15.5 Å². The molecule has 25 heavy (non-hydrogen) atoms. The predicted molar refractivity (Wildman–Crippen MR) is 92.1 cm³/mol. The molecule has 0 bridgehead atoms. The fraction of sp³-hybridized carbons (Fsp3) is 0.111. The Morgan fingerprint density at radius 3 is 2.48 bits per heavy atom. The van der Waals surface area contributed by atoms with Crippen LogP contribution in [-0.4, -0.2) is 40.2 Å². The van der Waals surface area contributed by atoms with E-state index in [-0.39, 0.29) is 5.78 Å². The summed E-state index contributed by atoms with van der Waals surface area (Å²) in [4.78, 5) is 12.4. The van der Waals surface area contributed by atoms with Gasteiger partial charge >= 0.3 is 0 Å². The number of carbonyl (C=O) groups is 1. The molecule has 0 aliphatic rings. The highest BCUT2D eigenvalue weighted by atomic mass is 16.5. The Bertz CT molecular complexity index is 882. The first kappa shape index (κ1) is 16.4. The van der Waals surface area contributed by atoms with Crippen LogP contribution in [0.4, 0.5) is 0 Å². The van der Waals surface area contributed by atoms with Crippen LogP contribution in [0.3, 0.4) is 0 Å². The number of hydrogen-bond acceptors (Lipinski definition) is 6. The minimum atomic E-state index is -0.128. The molecule has 3 rings (SSSR count). The molecular formula is C18H16N4O3. The topological polar surface area (TPSA) is 79.1 Å². The van der Waals surface area contributed by atoms with Crippen molar-refractivity contribution < 1.29 is 14.3 Å². The van der Waals surface area contributed by atoms with Crippen molar-refractivity contribution in [3.05, 3.63) is 66.0 Å². The van der Waals surface area contributed by atoms with Crippen LogP contribution >= 0.6 is 0 Å². The van der Waals surface area contributed by atoms with E-state index in [1.807, 2.05) is 18.2 Å². The van der Waals surface area contributed by atoms with E-state index in [0.717, 1.165) is 5.56 Å². The molecule has 0 unspecified atom stereocenters. The van der Waals surface area contributed by atoms with Crippen LogP contribution in [0.5, 0.6) is 11.5 Å². The number of carbonyl (C=O) groups excluding carboxylic acids is 1. The molecular weight excluding hydrogens is 320 g/mol. The number of ketones is 1. The molecule has 1 heterocycles. The molecule has 0 saturated carbocycles. The van der Waals surface area contributed by atoms with Crippen molar-refractivity contribution in [3.8, 4) is 17.2 Å². The van der Waals surface area contributed by atoms with Crippen molar-refractivity contribution in [1.29, 1.82) is 0 Å². The molecule has 0 N–H and O–H groups in total. The zero-order chi connectivity index (χ0) is 17.6. The number of methoxy groups -OCH3 is 2. The number of benzene rings is 2. The van der Waals surface area contributed by atoms with Crippen LogP contribution in [-0.2, 0) is 0 Å². The van der Waals surface area contributed by atoms with Gasteiger partial charge in [0.1, 0.15) is 17.8 Å². The first-order valence-corrected chi connectivity index (χ1v) is 7.48. The van der Waals surface area contributed by atoms with Crippen LogP contribution in [0.15, 0.2) is 54.9 Å². The van der Waals surface area contributed by atoms with Gasteiger partial charge < -0.3 is 9.47 Å². The Balaban J connectivity index is 1.83. The highest BCUT2D eigenvalue weighted by Gasteiger charge is 2.06. The molecule has 7 heteroatoms. The molecule has 0 fully saturated rings. The maximum absolute atomic E-state index is 12.4. The third kappa shape index (κ3) is 3.89. The van der Waals surface area contributed by atoms with Gasteiger partial charge in [0, 0.05) is 11.6 Å². The second-order valence-corrected chi connectivity index (χ2v) is 5.15. The Labute approximate surface area is 144 Å². The molecule has 7 nitrogen and oxygen atoms in total. The van der Waals surface area contributed by atoms with E-state index >= 15 is 0 Å². The highest BCUT2D eigenvalue weighted by molar-refractivity contribution is 6.07. The van der Waals surface area contributed by atoms with Gasteiger partial charge in [0.2, 0.25) is 0 Å². The lowest BCUT2D eigenvalue weighted by atomic mass is 10.1. The third-order valence-corrected chi connectivity index (χ3v) is 3.55. The molecule has 1 aromatic heterocycles. The molecule has 0 radical (unpaired) electrons. The average Bonchev–Trinajstić information content (AvgIpc) is 3.20. The summed E-state index contributed by atoms with van der Waals surface area (Å²) in [6.07, 6.45) is 4.70. The summed E-state index contributed by atoms with van der Waals surface area (Å²) in [6, 6.07) is 12.5. The van der Waals surface area contributed by atoms with Gasteiger partial charge in [0.15, 0.2) is 5.78 Å². The number of nitrogens with zero attached hydrogens (tertiary/aromatic N) is 4. The number of aromatic nitrogens is 4. The monoisotopic (exact) mass is 336 g/mol. The Morgan fingerprint density at radius 2 is 1.84 bits per heavy atom. The van der Waals surface area contributed by atoms with Crippen molar-refractivity contribution in [3.63, 3.8) is 0 Å². The van der Waals surface area contributed by atoms with Gasteiger partial charge in [-0.2, -0.15) is 0 Å². The minimum absolute atomic E-state index is 0.128. The lowest BCUT2D eigenvalue weighted by Gasteiger charge is -2.05. The van der Waals surface area contributed by atoms with Crippen molar-refractivity contribution in [1.82, 2.24) is 20.2 Å². The van der Waals surface area contributed by atoms with E-state index in [1.165, 1.54) is 17.1 Å².